The second-order valence-corrected chi connectivity index (χ2v) is 3.75. The highest BCUT2D eigenvalue weighted by atomic mass is 16.3. The summed E-state index contributed by atoms with van der Waals surface area (Å²) in [5, 5.41) is 31.0. The molecule has 1 fully saturated rings. The molecule has 88 valence electrons. The number of hydrogen-bond acceptors (Lipinski definition) is 6. The average Bonchev–Trinajstić information content (AvgIpc) is 2.57. The van der Waals surface area contributed by atoms with Gasteiger partial charge in [-0.05, 0) is 0 Å². The van der Waals surface area contributed by atoms with E-state index >= 15 is 0 Å². The van der Waals surface area contributed by atoms with E-state index < -0.39 is 24.3 Å². The Morgan fingerprint density at radius 1 is 1.38 bits per heavy atom. The normalized spacial score (nSPS) is 34.2. The first-order valence-electron chi connectivity index (χ1n) is 4.90. The van der Waals surface area contributed by atoms with E-state index in [0.29, 0.717) is 0 Å². The molecule has 2 heterocycles. The van der Waals surface area contributed by atoms with Crippen molar-refractivity contribution < 1.29 is 15.3 Å². The minimum Gasteiger partial charge on any atom is -0.395 e. The SMILES string of the molecule is O=c1[nH]cncc1C1NC(CO)C(O)C1O. The molecular weight excluding hydrogens is 214 g/mol. The van der Waals surface area contributed by atoms with Crippen molar-refractivity contribution in [2.45, 2.75) is 24.3 Å². The lowest BCUT2D eigenvalue weighted by Crippen LogP contribution is -2.36. The Morgan fingerprint density at radius 2 is 2.12 bits per heavy atom. The van der Waals surface area contributed by atoms with Gasteiger partial charge in [-0.25, -0.2) is 4.98 Å². The van der Waals surface area contributed by atoms with Gasteiger partial charge in [-0.3, -0.25) is 10.1 Å². The number of nitrogens with zero attached hydrogens (tertiary/aromatic N) is 1. The number of hydrogen-bond donors (Lipinski definition) is 5. The molecule has 0 amide bonds. The summed E-state index contributed by atoms with van der Waals surface area (Å²) in [6.07, 6.45) is 0.330. The second kappa shape index (κ2) is 4.30. The third-order valence-corrected chi connectivity index (χ3v) is 2.78. The molecule has 1 aromatic heterocycles. The average molecular weight is 227 g/mol. The molecule has 16 heavy (non-hydrogen) atoms. The van der Waals surface area contributed by atoms with Gasteiger partial charge in [0.05, 0.1) is 36.7 Å². The molecule has 2 rings (SSSR count). The molecule has 0 saturated carbocycles. The molecule has 0 aliphatic carbocycles. The van der Waals surface area contributed by atoms with E-state index in [0.717, 1.165) is 0 Å². The summed E-state index contributed by atoms with van der Waals surface area (Å²) in [6.45, 7) is -0.313. The molecule has 1 aromatic rings. The van der Waals surface area contributed by atoms with Crippen LogP contribution in [0.2, 0.25) is 0 Å². The van der Waals surface area contributed by atoms with E-state index in [1.54, 1.807) is 0 Å². The van der Waals surface area contributed by atoms with E-state index in [1.807, 2.05) is 0 Å². The van der Waals surface area contributed by atoms with Crippen molar-refractivity contribution in [3.05, 3.63) is 28.4 Å². The van der Waals surface area contributed by atoms with Crippen molar-refractivity contribution in [1.82, 2.24) is 15.3 Å². The summed E-state index contributed by atoms with van der Waals surface area (Å²) in [7, 11) is 0. The monoisotopic (exact) mass is 227 g/mol. The third kappa shape index (κ3) is 1.74. The Hall–Kier alpha value is -1.28. The lowest BCUT2D eigenvalue weighted by Gasteiger charge is -2.14. The Balaban J connectivity index is 2.30. The Kier molecular flexibility index (Phi) is 3.01. The van der Waals surface area contributed by atoms with Gasteiger partial charge in [-0.15, -0.1) is 0 Å². The van der Waals surface area contributed by atoms with Gasteiger partial charge in [0.1, 0.15) is 6.10 Å². The van der Waals surface area contributed by atoms with Crippen molar-refractivity contribution in [3.63, 3.8) is 0 Å². The Bertz CT molecular complexity index is 421. The van der Waals surface area contributed by atoms with Gasteiger partial charge in [-0.1, -0.05) is 0 Å². The zero-order valence-electron chi connectivity index (χ0n) is 8.37. The largest absolute Gasteiger partial charge is 0.395 e. The van der Waals surface area contributed by atoms with E-state index in [4.69, 9.17) is 5.11 Å². The van der Waals surface area contributed by atoms with Crippen molar-refractivity contribution in [1.29, 1.82) is 0 Å². The molecular formula is C9H13N3O4. The summed E-state index contributed by atoms with van der Waals surface area (Å²) < 4.78 is 0. The minimum absolute atomic E-state index is 0.241. The van der Waals surface area contributed by atoms with Crippen molar-refractivity contribution in [3.8, 4) is 0 Å². The number of H-pyrrole nitrogens is 1. The number of aliphatic hydroxyl groups is 3. The van der Waals surface area contributed by atoms with Gasteiger partial charge in [0.2, 0.25) is 0 Å². The molecule has 5 N–H and O–H groups in total. The predicted molar refractivity (Wildman–Crippen MR) is 53.6 cm³/mol. The van der Waals surface area contributed by atoms with Crippen LogP contribution in [0.5, 0.6) is 0 Å². The molecule has 0 bridgehead atoms. The lowest BCUT2D eigenvalue weighted by molar-refractivity contribution is 0.0193. The van der Waals surface area contributed by atoms with E-state index in [-0.39, 0.29) is 17.7 Å². The molecule has 1 saturated heterocycles. The number of aromatic nitrogens is 2. The minimum atomic E-state index is -1.14. The zero-order chi connectivity index (χ0) is 11.7. The fourth-order valence-electron chi connectivity index (χ4n) is 1.87. The van der Waals surface area contributed by atoms with Crippen LogP contribution < -0.4 is 10.9 Å². The standard InChI is InChI=1S/C9H13N3O4/c13-2-5-7(14)8(15)6(12-5)4-1-10-3-11-9(4)16/h1,3,5-8,12-15H,2H2,(H,10,11,16). The summed E-state index contributed by atoms with van der Waals surface area (Å²) in [4.78, 5) is 17.6. The predicted octanol–water partition coefficient (Wildman–Crippen LogP) is -2.50. The van der Waals surface area contributed by atoms with Crippen LogP contribution in [-0.4, -0.2) is 50.1 Å². The molecule has 4 atom stereocenters. The van der Waals surface area contributed by atoms with Crippen molar-refractivity contribution in [2.24, 2.45) is 0 Å². The fraction of sp³-hybridized carbons (Fsp3) is 0.556. The molecule has 7 heteroatoms. The zero-order valence-corrected chi connectivity index (χ0v) is 8.37. The quantitative estimate of drug-likeness (QED) is 0.381. The van der Waals surface area contributed by atoms with Crippen LogP contribution in [0.25, 0.3) is 0 Å². The van der Waals surface area contributed by atoms with Gasteiger partial charge in [0.25, 0.3) is 5.56 Å². The van der Waals surface area contributed by atoms with Gasteiger partial charge in [-0.2, -0.15) is 0 Å². The maximum Gasteiger partial charge on any atom is 0.255 e. The van der Waals surface area contributed by atoms with Crippen LogP contribution in [0.3, 0.4) is 0 Å². The summed E-state index contributed by atoms with van der Waals surface area (Å²) in [5.41, 5.74) is -0.137. The summed E-state index contributed by atoms with van der Waals surface area (Å²) in [5.74, 6) is 0. The number of aromatic amines is 1. The molecule has 1 aliphatic heterocycles. The first kappa shape index (κ1) is 11.2. The highest BCUT2D eigenvalue weighted by Gasteiger charge is 2.42. The van der Waals surface area contributed by atoms with Crippen LogP contribution in [0.15, 0.2) is 17.3 Å². The topological polar surface area (TPSA) is 118 Å². The van der Waals surface area contributed by atoms with E-state index in [2.05, 4.69) is 15.3 Å². The summed E-state index contributed by atoms with van der Waals surface area (Å²) in [6, 6.07) is -1.36. The summed E-state index contributed by atoms with van der Waals surface area (Å²) >= 11 is 0. The Labute approximate surface area is 90.8 Å². The number of nitrogens with one attached hydrogen (secondary N) is 2. The highest BCUT2D eigenvalue weighted by Crippen LogP contribution is 2.24. The van der Waals surface area contributed by atoms with Crippen LogP contribution >= 0.6 is 0 Å². The van der Waals surface area contributed by atoms with Crippen LogP contribution in [-0.2, 0) is 0 Å². The van der Waals surface area contributed by atoms with E-state index in [9.17, 15) is 15.0 Å². The smallest absolute Gasteiger partial charge is 0.255 e. The first-order valence-corrected chi connectivity index (χ1v) is 4.90. The van der Waals surface area contributed by atoms with Crippen molar-refractivity contribution in [2.75, 3.05) is 6.61 Å². The van der Waals surface area contributed by atoms with E-state index in [1.165, 1.54) is 12.5 Å². The van der Waals surface area contributed by atoms with Crippen LogP contribution in [0.1, 0.15) is 11.6 Å². The van der Waals surface area contributed by atoms with Crippen molar-refractivity contribution >= 4 is 0 Å². The first-order chi connectivity index (χ1) is 7.65. The molecule has 1 aliphatic rings. The third-order valence-electron chi connectivity index (χ3n) is 2.78. The molecule has 4 unspecified atom stereocenters. The van der Waals surface area contributed by atoms with Gasteiger partial charge in [0, 0.05) is 6.20 Å². The highest BCUT2D eigenvalue weighted by molar-refractivity contribution is 5.16. The van der Waals surface area contributed by atoms with Gasteiger partial charge in [0.15, 0.2) is 0 Å². The van der Waals surface area contributed by atoms with Gasteiger partial charge < -0.3 is 20.3 Å². The molecule has 0 aromatic carbocycles. The molecule has 0 radical (unpaired) electrons. The van der Waals surface area contributed by atoms with Gasteiger partial charge >= 0.3 is 0 Å². The van der Waals surface area contributed by atoms with Crippen LogP contribution in [0, 0.1) is 0 Å². The second-order valence-electron chi connectivity index (χ2n) is 3.75. The Morgan fingerprint density at radius 3 is 2.69 bits per heavy atom. The molecule has 0 spiro atoms. The fourth-order valence-corrected chi connectivity index (χ4v) is 1.87. The molecule has 7 nitrogen and oxygen atoms in total. The number of aliphatic hydroxyl groups excluding tert-OH is 3. The lowest BCUT2D eigenvalue weighted by atomic mass is 10.0. The van der Waals surface area contributed by atoms with Crippen LogP contribution in [0.4, 0.5) is 0 Å². The maximum atomic E-state index is 11.5. The maximum absolute atomic E-state index is 11.5. The number of rotatable bonds is 2.